The molecule has 1 rings (SSSR count). The van der Waals surface area contributed by atoms with E-state index in [9.17, 15) is 5.11 Å². The van der Waals surface area contributed by atoms with Crippen molar-refractivity contribution in [2.24, 2.45) is 0 Å². The second-order valence-electron chi connectivity index (χ2n) is 5.24. The van der Waals surface area contributed by atoms with Gasteiger partial charge >= 0.3 is 0 Å². The van der Waals surface area contributed by atoms with Crippen molar-refractivity contribution in [3.05, 3.63) is 11.9 Å². The van der Waals surface area contributed by atoms with Crippen LogP contribution in [0.2, 0.25) is 0 Å². The molecule has 6 heteroatoms. The van der Waals surface area contributed by atoms with E-state index in [0.29, 0.717) is 5.82 Å². The summed E-state index contributed by atoms with van der Waals surface area (Å²) in [5.41, 5.74) is -1.16. The molecule has 0 bridgehead atoms. The van der Waals surface area contributed by atoms with Crippen LogP contribution in [0, 0.1) is 0 Å². The summed E-state index contributed by atoms with van der Waals surface area (Å²) >= 11 is 0. The molecule has 1 heterocycles. The Morgan fingerprint density at radius 2 is 1.80 bits per heavy atom. The first-order chi connectivity index (χ1) is 9.50. The smallest absolute Gasteiger partial charge is 0.133 e. The van der Waals surface area contributed by atoms with Crippen molar-refractivity contribution in [3.63, 3.8) is 0 Å². The Hall–Kier alpha value is -1.40. The number of anilines is 2. The second-order valence-corrected chi connectivity index (χ2v) is 5.24. The summed E-state index contributed by atoms with van der Waals surface area (Å²) < 4.78 is 0. The monoisotopic (exact) mass is 282 g/mol. The number of aliphatic hydroxyl groups excluding tert-OH is 1. The Labute approximate surface area is 120 Å². The lowest BCUT2D eigenvalue weighted by Crippen LogP contribution is -2.37. The molecule has 20 heavy (non-hydrogen) atoms. The van der Waals surface area contributed by atoms with Crippen molar-refractivity contribution in [1.82, 2.24) is 9.97 Å². The fourth-order valence-electron chi connectivity index (χ4n) is 1.60. The summed E-state index contributed by atoms with van der Waals surface area (Å²) in [7, 11) is 0. The van der Waals surface area contributed by atoms with E-state index in [0.717, 1.165) is 37.4 Å². The highest BCUT2D eigenvalue weighted by molar-refractivity contribution is 5.47. The largest absolute Gasteiger partial charge is 0.393 e. The zero-order valence-electron chi connectivity index (χ0n) is 12.6. The van der Waals surface area contributed by atoms with E-state index in [1.54, 1.807) is 6.92 Å². The topological polar surface area (TPSA) is 90.3 Å². The summed E-state index contributed by atoms with van der Waals surface area (Å²) in [6.07, 6.45) is 2.81. The van der Waals surface area contributed by atoms with Crippen molar-refractivity contribution >= 4 is 11.6 Å². The van der Waals surface area contributed by atoms with E-state index >= 15 is 0 Å². The van der Waals surface area contributed by atoms with Crippen LogP contribution in [0.5, 0.6) is 0 Å². The third-order valence-corrected chi connectivity index (χ3v) is 2.79. The zero-order valence-corrected chi connectivity index (χ0v) is 12.6. The van der Waals surface area contributed by atoms with Gasteiger partial charge in [-0.3, -0.25) is 0 Å². The fraction of sp³-hybridized carbons (Fsp3) is 0.714. The number of aromatic nitrogens is 2. The lowest BCUT2D eigenvalue weighted by Gasteiger charge is -2.21. The maximum Gasteiger partial charge on any atom is 0.133 e. The Kier molecular flexibility index (Phi) is 6.67. The molecule has 1 atom stereocenters. The van der Waals surface area contributed by atoms with E-state index in [2.05, 4.69) is 34.4 Å². The molecule has 0 fully saturated rings. The lowest BCUT2D eigenvalue weighted by molar-refractivity contribution is 0.0131. The molecule has 6 nitrogen and oxygen atoms in total. The fourth-order valence-corrected chi connectivity index (χ4v) is 1.60. The number of hydrogen-bond donors (Lipinski definition) is 4. The first-order valence-electron chi connectivity index (χ1n) is 7.19. The Balaban J connectivity index is 2.79. The molecule has 4 N–H and O–H groups in total. The van der Waals surface area contributed by atoms with Crippen LogP contribution in [-0.4, -0.2) is 45.5 Å². The number of aryl methyl sites for hydroxylation is 1. The van der Waals surface area contributed by atoms with Gasteiger partial charge in [0, 0.05) is 25.6 Å². The summed E-state index contributed by atoms with van der Waals surface area (Å²) in [5.74, 6) is 2.23. The third-order valence-electron chi connectivity index (χ3n) is 2.79. The molecule has 0 aliphatic heterocycles. The van der Waals surface area contributed by atoms with Crippen LogP contribution < -0.4 is 10.6 Å². The zero-order chi connectivity index (χ0) is 15.0. The van der Waals surface area contributed by atoms with Crippen molar-refractivity contribution in [2.45, 2.75) is 45.6 Å². The van der Waals surface area contributed by atoms with Gasteiger partial charge in [-0.25, -0.2) is 9.97 Å². The van der Waals surface area contributed by atoms with E-state index in [-0.39, 0.29) is 13.2 Å². The first-order valence-corrected chi connectivity index (χ1v) is 7.19. The van der Waals surface area contributed by atoms with Crippen molar-refractivity contribution in [3.8, 4) is 0 Å². The minimum atomic E-state index is -1.16. The minimum absolute atomic E-state index is 0.235. The van der Waals surface area contributed by atoms with Gasteiger partial charge in [-0.1, -0.05) is 13.8 Å². The Morgan fingerprint density at radius 3 is 2.35 bits per heavy atom. The predicted octanol–water partition coefficient (Wildman–Crippen LogP) is 1.41. The summed E-state index contributed by atoms with van der Waals surface area (Å²) in [4.78, 5) is 8.86. The van der Waals surface area contributed by atoms with Crippen LogP contribution in [0.3, 0.4) is 0 Å². The van der Waals surface area contributed by atoms with E-state index in [4.69, 9.17) is 5.11 Å². The van der Waals surface area contributed by atoms with Gasteiger partial charge in [0.05, 0.1) is 6.61 Å². The first kappa shape index (κ1) is 16.7. The van der Waals surface area contributed by atoms with Gasteiger partial charge in [0.1, 0.15) is 23.1 Å². The molecule has 1 aromatic rings. The van der Waals surface area contributed by atoms with E-state index < -0.39 is 5.60 Å². The molecule has 0 radical (unpaired) electrons. The summed E-state index contributed by atoms with van der Waals surface area (Å²) in [5, 5.41) is 25.1. The van der Waals surface area contributed by atoms with Crippen LogP contribution in [0.15, 0.2) is 6.07 Å². The number of nitrogens with one attached hydrogen (secondary N) is 2. The molecule has 0 amide bonds. The Morgan fingerprint density at radius 1 is 1.15 bits per heavy atom. The van der Waals surface area contributed by atoms with Gasteiger partial charge in [-0.2, -0.15) is 0 Å². The maximum absolute atomic E-state index is 9.80. The van der Waals surface area contributed by atoms with Gasteiger partial charge in [0.25, 0.3) is 0 Å². The second kappa shape index (κ2) is 8.01. The van der Waals surface area contributed by atoms with Gasteiger partial charge in [-0.05, 0) is 19.8 Å². The average molecular weight is 282 g/mol. The van der Waals surface area contributed by atoms with Crippen LogP contribution >= 0.6 is 0 Å². The number of aliphatic hydroxyl groups is 2. The van der Waals surface area contributed by atoms with Crippen LogP contribution in [0.25, 0.3) is 0 Å². The van der Waals surface area contributed by atoms with Gasteiger partial charge in [0.15, 0.2) is 0 Å². The van der Waals surface area contributed by atoms with Crippen molar-refractivity contribution in [2.75, 3.05) is 30.3 Å². The van der Waals surface area contributed by atoms with Crippen LogP contribution in [0.4, 0.5) is 11.6 Å². The molecule has 0 aliphatic rings. The predicted molar refractivity (Wildman–Crippen MR) is 81.0 cm³/mol. The molecule has 114 valence electrons. The van der Waals surface area contributed by atoms with Crippen LogP contribution in [0.1, 0.15) is 39.4 Å². The molecule has 1 unspecified atom stereocenters. The number of hydrogen-bond acceptors (Lipinski definition) is 6. The SMILES string of the molecule is CCCNc1cc(NCC(C)(O)CO)nc(CCC)n1. The summed E-state index contributed by atoms with van der Waals surface area (Å²) in [6.45, 7) is 6.55. The molecule has 1 aromatic heterocycles. The lowest BCUT2D eigenvalue weighted by atomic mass is 10.1. The van der Waals surface area contributed by atoms with Crippen LogP contribution in [-0.2, 0) is 6.42 Å². The molecular weight excluding hydrogens is 256 g/mol. The highest BCUT2D eigenvalue weighted by Gasteiger charge is 2.18. The van der Waals surface area contributed by atoms with Crippen molar-refractivity contribution in [1.29, 1.82) is 0 Å². The molecule has 0 saturated carbocycles. The molecule has 0 saturated heterocycles. The highest BCUT2D eigenvalue weighted by atomic mass is 16.3. The van der Waals surface area contributed by atoms with Gasteiger partial charge < -0.3 is 20.8 Å². The quantitative estimate of drug-likeness (QED) is 0.547. The van der Waals surface area contributed by atoms with Gasteiger partial charge in [-0.15, -0.1) is 0 Å². The Bertz CT molecular complexity index is 410. The van der Waals surface area contributed by atoms with E-state index in [1.165, 1.54) is 0 Å². The highest BCUT2D eigenvalue weighted by Crippen LogP contribution is 2.14. The van der Waals surface area contributed by atoms with Crippen molar-refractivity contribution < 1.29 is 10.2 Å². The maximum atomic E-state index is 9.80. The van der Waals surface area contributed by atoms with E-state index in [1.807, 2.05) is 6.07 Å². The number of rotatable bonds is 9. The molecule has 0 spiro atoms. The molecular formula is C14H26N4O2. The average Bonchev–Trinajstić information content (AvgIpc) is 2.43. The summed E-state index contributed by atoms with van der Waals surface area (Å²) in [6, 6.07) is 1.82. The van der Waals surface area contributed by atoms with Gasteiger partial charge in [0.2, 0.25) is 0 Å². The standard InChI is InChI=1S/C14H26N4O2/c1-4-6-11-17-12(15-7-5-2)8-13(18-11)16-9-14(3,20)10-19/h8,19-20H,4-7,9-10H2,1-3H3,(H2,15,16,17,18). The normalized spacial score (nSPS) is 13.8. The minimum Gasteiger partial charge on any atom is -0.393 e. The molecule has 0 aromatic carbocycles. The number of nitrogens with zero attached hydrogens (tertiary/aromatic N) is 2. The third kappa shape index (κ3) is 5.71. The molecule has 0 aliphatic carbocycles.